The summed E-state index contributed by atoms with van der Waals surface area (Å²) in [4.78, 5) is 38.8. The van der Waals surface area contributed by atoms with Crippen molar-refractivity contribution in [1.29, 1.82) is 0 Å². The van der Waals surface area contributed by atoms with E-state index >= 15 is 0 Å². The molecule has 6 N–H and O–H groups in total. The number of hydrogen-bond donors (Lipinski definition) is 6. The molecule has 27 heavy (non-hydrogen) atoms. The minimum absolute atomic E-state index is 0.153. The molecule has 2 rings (SSSR count). The fourth-order valence-corrected chi connectivity index (χ4v) is 3.88. The van der Waals surface area contributed by atoms with Crippen LogP contribution in [0.3, 0.4) is 0 Å². The molecule has 0 atom stereocenters. The average molecular weight is 413 g/mol. The number of aryl methyl sites for hydroxylation is 2. The summed E-state index contributed by atoms with van der Waals surface area (Å²) in [5, 5.41) is 29.4. The van der Waals surface area contributed by atoms with Gasteiger partial charge in [0.05, 0.1) is 5.69 Å². The first-order valence-electron chi connectivity index (χ1n) is 7.83. The van der Waals surface area contributed by atoms with Gasteiger partial charge in [0.25, 0.3) is 0 Å². The molecule has 2 heterocycles. The van der Waals surface area contributed by atoms with E-state index in [9.17, 15) is 14.4 Å². The summed E-state index contributed by atoms with van der Waals surface area (Å²) < 4.78 is 0. The van der Waals surface area contributed by atoms with Crippen LogP contribution in [0.25, 0.3) is 0 Å². The lowest BCUT2D eigenvalue weighted by Crippen LogP contribution is -2.55. The number of thiophene rings is 1. The summed E-state index contributed by atoms with van der Waals surface area (Å²) in [5.74, 6) is -0.153. The third-order valence-corrected chi connectivity index (χ3v) is 5.15. The van der Waals surface area contributed by atoms with E-state index < -0.39 is 18.5 Å². The summed E-state index contributed by atoms with van der Waals surface area (Å²) >= 11 is 2.92. The largest absolute Gasteiger partial charge is 0.465 e. The average Bonchev–Trinajstić information content (AvgIpc) is 3.18. The molecule has 0 bridgehead atoms. The molecule has 0 unspecified atom stereocenters. The Morgan fingerprint density at radius 3 is 2.41 bits per heavy atom. The number of hydrogen-bond acceptors (Lipinski definition) is 7. The number of thiazole rings is 1. The van der Waals surface area contributed by atoms with Gasteiger partial charge in [-0.15, -0.1) is 22.7 Å². The minimum Gasteiger partial charge on any atom is -0.465 e. The number of rotatable bonds is 9. The van der Waals surface area contributed by atoms with Gasteiger partial charge in [-0.25, -0.2) is 14.6 Å². The first-order valence-corrected chi connectivity index (χ1v) is 9.53. The molecule has 0 aromatic carbocycles. The van der Waals surface area contributed by atoms with E-state index in [2.05, 4.69) is 15.6 Å². The maximum absolute atomic E-state index is 11.0. The highest BCUT2D eigenvalue weighted by molar-refractivity contribution is 7.14. The summed E-state index contributed by atoms with van der Waals surface area (Å²) in [6, 6.07) is 3.86. The molecule has 2 aromatic heterocycles. The van der Waals surface area contributed by atoms with Gasteiger partial charge < -0.3 is 15.5 Å². The van der Waals surface area contributed by atoms with Gasteiger partial charge in [0.1, 0.15) is 0 Å². The molecule has 0 aliphatic heterocycles. The van der Waals surface area contributed by atoms with Crippen molar-refractivity contribution in [2.75, 3.05) is 5.32 Å². The fraction of sp³-hybridized carbons (Fsp3) is 0.333. The molecule has 0 aliphatic carbocycles. The molecule has 0 radical (unpaired) electrons. The normalized spacial score (nSPS) is 10.6. The van der Waals surface area contributed by atoms with Crippen LogP contribution in [0.2, 0.25) is 0 Å². The van der Waals surface area contributed by atoms with E-state index in [-0.39, 0.29) is 5.91 Å². The quantitative estimate of drug-likeness (QED) is 0.343. The monoisotopic (exact) mass is 413 g/mol. The van der Waals surface area contributed by atoms with Gasteiger partial charge in [0.2, 0.25) is 5.91 Å². The van der Waals surface area contributed by atoms with Crippen molar-refractivity contribution in [3.8, 4) is 0 Å². The Bertz CT molecular complexity index is 790. The van der Waals surface area contributed by atoms with Crippen molar-refractivity contribution in [3.63, 3.8) is 0 Å². The van der Waals surface area contributed by atoms with Gasteiger partial charge in [-0.1, -0.05) is 0 Å². The molecule has 10 nitrogen and oxygen atoms in total. The smallest absolute Gasteiger partial charge is 0.407 e. The van der Waals surface area contributed by atoms with Crippen molar-refractivity contribution in [2.24, 2.45) is 0 Å². The van der Waals surface area contributed by atoms with Crippen LogP contribution in [0.5, 0.6) is 0 Å². The molecule has 0 fully saturated rings. The number of amides is 3. The molecule has 3 amide bonds. The minimum atomic E-state index is -1.34. The Labute approximate surface area is 162 Å². The van der Waals surface area contributed by atoms with Crippen molar-refractivity contribution < 1.29 is 24.6 Å². The Morgan fingerprint density at radius 2 is 1.78 bits per heavy atom. The lowest BCUT2D eigenvalue weighted by Gasteiger charge is -2.17. The van der Waals surface area contributed by atoms with E-state index in [1.165, 1.54) is 18.3 Å². The van der Waals surface area contributed by atoms with Crippen LogP contribution < -0.4 is 21.3 Å². The van der Waals surface area contributed by atoms with Crippen LogP contribution in [-0.4, -0.2) is 39.6 Å². The van der Waals surface area contributed by atoms with Crippen molar-refractivity contribution in [1.82, 2.24) is 20.9 Å². The molecular weight excluding hydrogens is 394 g/mol. The van der Waals surface area contributed by atoms with Gasteiger partial charge in [-0.2, -0.15) is 0 Å². The van der Waals surface area contributed by atoms with E-state index in [0.717, 1.165) is 28.3 Å². The second-order valence-corrected chi connectivity index (χ2v) is 7.52. The number of nitrogens with zero attached hydrogens (tertiary/aromatic N) is 1. The maximum Gasteiger partial charge on any atom is 0.407 e. The topological polar surface area (TPSA) is 153 Å². The summed E-state index contributed by atoms with van der Waals surface area (Å²) in [7, 11) is 0. The van der Waals surface area contributed by atoms with Crippen LogP contribution in [0, 0.1) is 0 Å². The molecule has 2 aromatic rings. The van der Waals surface area contributed by atoms with Crippen LogP contribution in [0.1, 0.15) is 22.4 Å². The highest BCUT2D eigenvalue weighted by Gasteiger charge is 2.13. The van der Waals surface area contributed by atoms with Crippen molar-refractivity contribution in [3.05, 3.63) is 33.0 Å². The Kier molecular flexibility index (Phi) is 7.52. The predicted octanol–water partition coefficient (Wildman–Crippen LogP) is 1.86. The zero-order chi connectivity index (χ0) is 19.8. The summed E-state index contributed by atoms with van der Waals surface area (Å²) in [5.41, 5.74) is 0.896. The first-order chi connectivity index (χ1) is 12.8. The van der Waals surface area contributed by atoms with Crippen LogP contribution >= 0.6 is 22.7 Å². The van der Waals surface area contributed by atoms with Crippen LogP contribution in [0.4, 0.5) is 14.7 Å². The van der Waals surface area contributed by atoms with E-state index in [1.54, 1.807) is 11.3 Å². The number of carboxylic acid groups (broad SMARTS) is 2. The van der Waals surface area contributed by atoms with Crippen LogP contribution in [-0.2, 0) is 24.2 Å². The third kappa shape index (κ3) is 7.60. The van der Waals surface area contributed by atoms with Gasteiger partial charge in [-0.05, 0) is 25.0 Å². The van der Waals surface area contributed by atoms with Gasteiger partial charge in [0, 0.05) is 28.6 Å². The van der Waals surface area contributed by atoms with E-state index in [0.29, 0.717) is 11.7 Å². The number of carbonyl (C=O) groups excluding carboxylic acids is 1. The van der Waals surface area contributed by atoms with Gasteiger partial charge in [0.15, 0.2) is 11.4 Å². The Morgan fingerprint density at radius 1 is 1.11 bits per heavy atom. The maximum atomic E-state index is 11.0. The highest BCUT2D eigenvalue weighted by atomic mass is 32.1. The predicted molar refractivity (Wildman–Crippen MR) is 101 cm³/mol. The van der Waals surface area contributed by atoms with Crippen LogP contribution in [0.15, 0.2) is 17.5 Å². The second kappa shape index (κ2) is 9.85. The molecular formula is C15H19N5O5S2. The Balaban J connectivity index is 1.83. The molecule has 146 valence electrons. The molecule has 0 spiro atoms. The van der Waals surface area contributed by atoms with Crippen molar-refractivity contribution in [2.45, 2.75) is 32.6 Å². The highest BCUT2D eigenvalue weighted by Crippen LogP contribution is 2.21. The van der Waals surface area contributed by atoms with Gasteiger partial charge in [-0.3, -0.25) is 20.7 Å². The standard InChI is InChI=1S/C15H19N5O5S2/c1-8(21)17-13-18-9(7-26-13)2-3-10-4-5-11(27-10)6-16-12(19-14(22)23)20-15(24)25/h4-5,7,12,16,19-20H,2-3,6H2,1H3,(H,22,23)(H,24,25)(H,17,18,21). The van der Waals surface area contributed by atoms with E-state index in [4.69, 9.17) is 10.2 Å². The SMILES string of the molecule is CC(=O)Nc1nc(CCc2ccc(CNC(NC(=O)O)NC(=O)O)s2)cs1. The lowest BCUT2D eigenvalue weighted by atomic mass is 10.2. The molecule has 0 aliphatic rings. The molecule has 0 saturated heterocycles. The Hall–Kier alpha value is -2.70. The number of nitrogens with one attached hydrogen (secondary N) is 4. The molecule has 0 saturated carbocycles. The lowest BCUT2D eigenvalue weighted by molar-refractivity contribution is -0.114. The first kappa shape index (κ1) is 20.6. The summed E-state index contributed by atoms with van der Waals surface area (Å²) in [6.07, 6.45) is -2.27. The van der Waals surface area contributed by atoms with Gasteiger partial charge >= 0.3 is 12.2 Å². The number of aromatic nitrogens is 1. The number of anilines is 1. The fourth-order valence-electron chi connectivity index (χ4n) is 2.12. The third-order valence-electron chi connectivity index (χ3n) is 3.20. The molecule has 12 heteroatoms. The zero-order valence-electron chi connectivity index (χ0n) is 14.3. The number of carbonyl (C=O) groups is 3. The summed E-state index contributed by atoms with van der Waals surface area (Å²) in [6.45, 7) is 1.74. The second-order valence-electron chi connectivity index (χ2n) is 5.41. The van der Waals surface area contributed by atoms with Crippen molar-refractivity contribution >= 4 is 45.9 Å². The zero-order valence-corrected chi connectivity index (χ0v) is 15.9. The van der Waals surface area contributed by atoms with E-state index in [1.807, 2.05) is 28.1 Å².